The first-order valence-electron chi connectivity index (χ1n) is 8.37. The van der Waals surface area contributed by atoms with Gasteiger partial charge in [0.05, 0.1) is 11.3 Å². The Morgan fingerprint density at radius 3 is 2.07 bits per heavy atom. The zero-order valence-electron chi connectivity index (χ0n) is 14.6. The number of hydrogen-bond donors (Lipinski definition) is 3. The van der Waals surface area contributed by atoms with Gasteiger partial charge in [0.15, 0.2) is 10.9 Å². The van der Waals surface area contributed by atoms with E-state index in [-0.39, 0.29) is 27.7 Å². The van der Waals surface area contributed by atoms with E-state index in [2.05, 4.69) is 16.2 Å². The average Bonchev–Trinajstić information content (AvgIpc) is 2.74. The van der Waals surface area contributed by atoms with E-state index in [1.807, 2.05) is 6.07 Å². The molecule has 0 aliphatic carbocycles. The Hall–Kier alpha value is -3.58. The van der Waals surface area contributed by atoms with Crippen LogP contribution >= 0.6 is 12.2 Å². The number of thiocarbonyl (C=S) groups is 1. The minimum absolute atomic E-state index is 0.00492. The molecule has 28 heavy (non-hydrogen) atoms. The fourth-order valence-electron chi connectivity index (χ4n) is 2.52. The van der Waals surface area contributed by atoms with Gasteiger partial charge in [-0.25, -0.2) is 4.39 Å². The molecule has 0 bridgehead atoms. The topological polar surface area (TPSA) is 70.2 Å². The third kappa shape index (κ3) is 4.57. The van der Waals surface area contributed by atoms with Gasteiger partial charge in [0.1, 0.15) is 5.82 Å². The lowest BCUT2D eigenvalue weighted by molar-refractivity contribution is 0.0933. The Bertz CT molecular complexity index is 1020. The maximum Gasteiger partial charge on any atom is 0.270 e. The van der Waals surface area contributed by atoms with Crippen molar-refractivity contribution in [2.75, 3.05) is 5.32 Å². The highest BCUT2D eigenvalue weighted by Gasteiger charge is 2.18. The molecule has 0 radical (unpaired) electrons. The van der Waals surface area contributed by atoms with Crippen LogP contribution in [0.3, 0.4) is 0 Å². The molecule has 0 atom stereocenters. The monoisotopic (exact) mass is 393 g/mol. The molecule has 3 rings (SSSR count). The van der Waals surface area contributed by atoms with Gasteiger partial charge in [0.2, 0.25) is 0 Å². The second kappa shape index (κ2) is 8.88. The molecule has 0 heterocycles. The summed E-state index contributed by atoms with van der Waals surface area (Å²) < 4.78 is 13.6. The second-order valence-electron chi connectivity index (χ2n) is 5.75. The van der Waals surface area contributed by atoms with E-state index >= 15 is 0 Å². The first kappa shape index (κ1) is 19.2. The number of rotatable bonds is 4. The molecule has 0 fully saturated rings. The van der Waals surface area contributed by atoms with Gasteiger partial charge in [-0.1, -0.05) is 60.7 Å². The summed E-state index contributed by atoms with van der Waals surface area (Å²) in [6.07, 6.45) is 0. The standard InChI is InChI=1S/C21H16FN3O2S/c22-17-12-6-7-13-18(17)23-21(28)25-24-20(27)16-11-5-4-10-15(16)19(26)14-8-2-1-3-9-14/h1-13H,(H,24,27)(H2,23,25,28). The van der Waals surface area contributed by atoms with E-state index in [0.717, 1.165) is 0 Å². The summed E-state index contributed by atoms with van der Waals surface area (Å²) in [5.41, 5.74) is 6.03. The van der Waals surface area contributed by atoms with E-state index in [4.69, 9.17) is 12.2 Å². The van der Waals surface area contributed by atoms with Crippen molar-refractivity contribution in [3.8, 4) is 0 Å². The molecule has 5 nitrogen and oxygen atoms in total. The predicted molar refractivity (Wildman–Crippen MR) is 110 cm³/mol. The first-order chi connectivity index (χ1) is 13.6. The summed E-state index contributed by atoms with van der Waals surface area (Å²) in [7, 11) is 0. The molecule has 0 aliphatic rings. The third-order valence-corrected chi connectivity index (χ3v) is 4.07. The molecule has 7 heteroatoms. The maximum atomic E-state index is 13.6. The van der Waals surface area contributed by atoms with Crippen LogP contribution < -0.4 is 16.2 Å². The highest BCUT2D eigenvalue weighted by atomic mass is 32.1. The van der Waals surface area contributed by atoms with Crippen molar-refractivity contribution < 1.29 is 14.0 Å². The summed E-state index contributed by atoms with van der Waals surface area (Å²) in [6, 6.07) is 21.2. The average molecular weight is 393 g/mol. The van der Waals surface area contributed by atoms with Crippen molar-refractivity contribution >= 4 is 34.7 Å². The molecule has 0 aromatic heterocycles. The molecule has 3 aromatic carbocycles. The van der Waals surface area contributed by atoms with Gasteiger partial charge in [0.25, 0.3) is 5.91 Å². The van der Waals surface area contributed by atoms with Crippen molar-refractivity contribution in [1.82, 2.24) is 10.9 Å². The number of nitrogens with one attached hydrogen (secondary N) is 3. The zero-order chi connectivity index (χ0) is 19.9. The van der Waals surface area contributed by atoms with E-state index in [9.17, 15) is 14.0 Å². The van der Waals surface area contributed by atoms with Crippen molar-refractivity contribution in [2.45, 2.75) is 0 Å². The molecule has 1 amide bonds. The van der Waals surface area contributed by atoms with Crippen LogP contribution in [0.4, 0.5) is 10.1 Å². The van der Waals surface area contributed by atoms with Crippen molar-refractivity contribution in [2.24, 2.45) is 0 Å². The molecule has 140 valence electrons. The van der Waals surface area contributed by atoms with Gasteiger partial charge >= 0.3 is 0 Å². The number of ketones is 1. The Kier molecular flexibility index (Phi) is 6.08. The minimum Gasteiger partial charge on any atom is -0.329 e. The lowest BCUT2D eigenvalue weighted by Gasteiger charge is -2.13. The third-order valence-electron chi connectivity index (χ3n) is 3.86. The fourth-order valence-corrected chi connectivity index (χ4v) is 2.68. The summed E-state index contributed by atoms with van der Waals surface area (Å²) in [6.45, 7) is 0. The highest BCUT2D eigenvalue weighted by molar-refractivity contribution is 7.80. The molecule has 0 spiro atoms. The molecule has 3 aromatic rings. The van der Waals surface area contributed by atoms with E-state index in [1.165, 1.54) is 12.1 Å². The van der Waals surface area contributed by atoms with Crippen LogP contribution in [-0.2, 0) is 0 Å². The quantitative estimate of drug-likeness (QED) is 0.358. The van der Waals surface area contributed by atoms with Crippen LogP contribution in [-0.4, -0.2) is 16.8 Å². The number of para-hydroxylation sites is 1. The Balaban J connectivity index is 1.69. The van der Waals surface area contributed by atoms with Crippen LogP contribution in [0.15, 0.2) is 78.9 Å². The van der Waals surface area contributed by atoms with Crippen LogP contribution in [0.25, 0.3) is 0 Å². The number of halogens is 1. The second-order valence-corrected chi connectivity index (χ2v) is 6.16. The van der Waals surface area contributed by atoms with Gasteiger partial charge in [-0.3, -0.25) is 20.4 Å². The Morgan fingerprint density at radius 1 is 0.750 bits per heavy atom. The van der Waals surface area contributed by atoms with Gasteiger partial charge < -0.3 is 5.32 Å². The molecular formula is C21H16FN3O2S. The number of hydrogen-bond acceptors (Lipinski definition) is 3. The number of carbonyl (C=O) groups excluding carboxylic acids is 2. The molecule has 0 unspecified atom stereocenters. The van der Waals surface area contributed by atoms with Crippen LogP contribution in [0, 0.1) is 5.82 Å². The largest absolute Gasteiger partial charge is 0.329 e. The normalized spacial score (nSPS) is 10.0. The van der Waals surface area contributed by atoms with Crippen LogP contribution in [0.1, 0.15) is 26.3 Å². The van der Waals surface area contributed by atoms with Gasteiger partial charge in [0, 0.05) is 11.1 Å². The lowest BCUT2D eigenvalue weighted by Crippen LogP contribution is -2.44. The van der Waals surface area contributed by atoms with Gasteiger partial charge in [-0.15, -0.1) is 0 Å². The summed E-state index contributed by atoms with van der Waals surface area (Å²) in [4.78, 5) is 25.2. The smallest absolute Gasteiger partial charge is 0.270 e. The highest BCUT2D eigenvalue weighted by Crippen LogP contribution is 2.15. The maximum absolute atomic E-state index is 13.6. The van der Waals surface area contributed by atoms with Crippen LogP contribution in [0.5, 0.6) is 0 Å². The zero-order valence-corrected chi connectivity index (χ0v) is 15.4. The minimum atomic E-state index is -0.544. The van der Waals surface area contributed by atoms with E-state index < -0.39 is 11.7 Å². The Morgan fingerprint density at radius 2 is 1.36 bits per heavy atom. The molecule has 3 N–H and O–H groups in total. The van der Waals surface area contributed by atoms with Crippen molar-refractivity contribution in [3.63, 3.8) is 0 Å². The number of amides is 1. The van der Waals surface area contributed by atoms with E-state index in [1.54, 1.807) is 60.7 Å². The summed E-state index contributed by atoms with van der Waals surface area (Å²) in [5, 5.41) is 2.65. The molecule has 0 saturated carbocycles. The van der Waals surface area contributed by atoms with Crippen LogP contribution in [0.2, 0.25) is 0 Å². The van der Waals surface area contributed by atoms with Crippen molar-refractivity contribution in [1.29, 1.82) is 0 Å². The number of anilines is 1. The number of hydrazine groups is 1. The number of carbonyl (C=O) groups is 2. The summed E-state index contributed by atoms with van der Waals surface area (Å²) in [5.74, 6) is -1.28. The Labute approximate surface area is 166 Å². The lowest BCUT2D eigenvalue weighted by atomic mass is 9.98. The predicted octanol–water partition coefficient (Wildman–Crippen LogP) is 3.69. The first-order valence-corrected chi connectivity index (χ1v) is 8.77. The summed E-state index contributed by atoms with van der Waals surface area (Å²) >= 11 is 5.05. The fraction of sp³-hybridized carbons (Fsp3) is 0. The number of benzene rings is 3. The van der Waals surface area contributed by atoms with Gasteiger partial charge in [-0.2, -0.15) is 0 Å². The molecule has 0 aliphatic heterocycles. The molecular weight excluding hydrogens is 377 g/mol. The van der Waals surface area contributed by atoms with Gasteiger partial charge in [-0.05, 0) is 30.4 Å². The SMILES string of the molecule is O=C(NNC(=S)Nc1ccccc1F)c1ccccc1C(=O)c1ccccc1. The van der Waals surface area contributed by atoms with Crippen molar-refractivity contribution in [3.05, 3.63) is 101 Å². The molecule has 0 saturated heterocycles. The van der Waals surface area contributed by atoms with E-state index in [0.29, 0.717) is 5.56 Å².